The summed E-state index contributed by atoms with van der Waals surface area (Å²) in [7, 11) is 3.21. The molecule has 0 spiro atoms. The fourth-order valence-corrected chi connectivity index (χ4v) is 2.58. The Hall–Kier alpha value is -3.27. The van der Waals surface area contributed by atoms with Crippen LogP contribution >= 0.6 is 0 Å². The van der Waals surface area contributed by atoms with Crippen LogP contribution in [0.1, 0.15) is 21.5 Å². The van der Waals surface area contributed by atoms with Crippen molar-refractivity contribution in [1.29, 1.82) is 0 Å². The number of allylic oxidation sites excluding steroid dienone is 2. The largest absolute Gasteiger partial charge is 0.496 e. The number of methoxy groups -OCH3 is 2. The number of rotatable bonds is 10. The van der Waals surface area contributed by atoms with Gasteiger partial charge in [0.25, 0.3) is 0 Å². The second-order valence-electron chi connectivity index (χ2n) is 5.72. The molecule has 0 heterocycles. The minimum Gasteiger partial charge on any atom is -0.496 e. The van der Waals surface area contributed by atoms with Crippen molar-refractivity contribution in [3.63, 3.8) is 0 Å². The van der Waals surface area contributed by atoms with Crippen molar-refractivity contribution in [2.45, 2.75) is 6.42 Å². The molecule has 2 rings (SSSR count). The SMILES string of the molecule is C=CCOc1ccc(C(=O)/C=C/c2cc(OC)c(CC=C)c(OC)c2)cc1. The van der Waals surface area contributed by atoms with Gasteiger partial charge in [-0.1, -0.05) is 24.8 Å². The molecule has 0 aliphatic carbocycles. The van der Waals surface area contributed by atoms with Gasteiger partial charge < -0.3 is 14.2 Å². The zero-order chi connectivity index (χ0) is 19.6. The first-order valence-electron chi connectivity index (χ1n) is 8.54. The lowest BCUT2D eigenvalue weighted by Gasteiger charge is -2.13. The van der Waals surface area contributed by atoms with Gasteiger partial charge in [-0.15, -0.1) is 6.58 Å². The van der Waals surface area contributed by atoms with Gasteiger partial charge in [0.1, 0.15) is 23.9 Å². The van der Waals surface area contributed by atoms with E-state index in [1.165, 1.54) is 6.08 Å². The molecule has 0 saturated carbocycles. The number of carbonyl (C=O) groups excluding carboxylic acids is 1. The number of hydrogen-bond donors (Lipinski definition) is 0. The third-order valence-corrected chi connectivity index (χ3v) is 3.91. The molecule has 4 nitrogen and oxygen atoms in total. The predicted octanol–water partition coefficient (Wildman–Crippen LogP) is 4.89. The van der Waals surface area contributed by atoms with E-state index in [-0.39, 0.29) is 5.78 Å². The van der Waals surface area contributed by atoms with E-state index in [2.05, 4.69) is 13.2 Å². The van der Waals surface area contributed by atoms with Crippen molar-refractivity contribution >= 4 is 11.9 Å². The van der Waals surface area contributed by atoms with Crippen molar-refractivity contribution in [3.8, 4) is 17.2 Å². The van der Waals surface area contributed by atoms with E-state index in [1.54, 1.807) is 56.7 Å². The Bertz CT molecular complexity index is 807. The molecule has 0 N–H and O–H groups in total. The van der Waals surface area contributed by atoms with Gasteiger partial charge in [0, 0.05) is 11.1 Å². The summed E-state index contributed by atoms with van der Waals surface area (Å²) in [5.41, 5.74) is 2.32. The van der Waals surface area contributed by atoms with Gasteiger partial charge in [-0.3, -0.25) is 4.79 Å². The van der Waals surface area contributed by atoms with Crippen LogP contribution in [0.5, 0.6) is 17.2 Å². The molecule has 27 heavy (non-hydrogen) atoms. The summed E-state index contributed by atoms with van der Waals surface area (Å²) in [5.74, 6) is 2.00. The Labute approximate surface area is 160 Å². The van der Waals surface area contributed by atoms with Crippen molar-refractivity contribution in [2.24, 2.45) is 0 Å². The monoisotopic (exact) mass is 364 g/mol. The second-order valence-corrected chi connectivity index (χ2v) is 5.72. The molecule has 4 heteroatoms. The Balaban J connectivity index is 2.20. The first kappa shape index (κ1) is 20.0. The van der Waals surface area contributed by atoms with Crippen LogP contribution in [-0.2, 0) is 6.42 Å². The summed E-state index contributed by atoms with van der Waals surface area (Å²) in [6, 6.07) is 10.7. The van der Waals surface area contributed by atoms with Crippen LogP contribution in [-0.4, -0.2) is 26.6 Å². The summed E-state index contributed by atoms with van der Waals surface area (Å²) in [4.78, 5) is 12.4. The van der Waals surface area contributed by atoms with Gasteiger partial charge in [0.15, 0.2) is 5.78 Å². The quantitative estimate of drug-likeness (QED) is 0.342. The van der Waals surface area contributed by atoms with Crippen LogP contribution in [0.3, 0.4) is 0 Å². The van der Waals surface area contributed by atoms with Crippen LogP contribution < -0.4 is 14.2 Å². The lowest BCUT2D eigenvalue weighted by atomic mass is 10.0. The first-order valence-corrected chi connectivity index (χ1v) is 8.54. The van der Waals surface area contributed by atoms with Gasteiger partial charge in [-0.2, -0.15) is 0 Å². The molecule has 0 aliphatic heterocycles. The van der Waals surface area contributed by atoms with Crippen LogP contribution in [0.25, 0.3) is 6.08 Å². The van der Waals surface area contributed by atoms with Crippen LogP contribution in [0, 0.1) is 0 Å². The number of benzene rings is 2. The summed E-state index contributed by atoms with van der Waals surface area (Å²) in [6.07, 6.45) is 7.37. The number of ketones is 1. The molecule has 0 fully saturated rings. The second kappa shape index (κ2) is 10.0. The first-order chi connectivity index (χ1) is 13.1. The lowest BCUT2D eigenvalue weighted by molar-refractivity contribution is 0.104. The molecular weight excluding hydrogens is 340 g/mol. The number of ether oxygens (including phenoxy) is 3. The molecular formula is C23H24O4. The minimum absolute atomic E-state index is 0.0987. The van der Waals surface area contributed by atoms with E-state index in [0.29, 0.717) is 35.8 Å². The Morgan fingerprint density at radius 3 is 2.15 bits per heavy atom. The lowest BCUT2D eigenvalue weighted by Crippen LogP contribution is -1.98. The molecule has 2 aromatic rings. The van der Waals surface area contributed by atoms with E-state index in [0.717, 1.165) is 11.1 Å². The molecule has 0 aliphatic rings. The highest BCUT2D eigenvalue weighted by molar-refractivity contribution is 6.06. The van der Waals surface area contributed by atoms with Crippen molar-refractivity contribution in [1.82, 2.24) is 0 Å². The standard InChI is InChI=1S/C23H24O4/c1-5-7-20-22(25-3)15-17(16-23(20)26-4)8-13-21(24)18-9-11-19(12-10-18)27-14-6-2/h5-6,8-13,15-16H,1-2,7,14H2,3-4H3/b13-8+. The Kier molecular flexibility index (Phi) is 7.44. The summed E-state index contributed by atoms with van der Waals surface area (Å²) >= 11 is 0. The van der Waals surface area contributed by atoms with Gasteiger partial charge in [-0.05, 0) is 54.5 Å². The fourth-order valence-electron chi connectivity index (χ4n) is 2.58. The molecule has 2 aromatic carbocycles. The predicted molar refractivity (Wildman–Crippen MR) is 109 cm³/mol. The van der Waals surface area contributed by atoms with Gasteiger partial charge in [0.05, 0.1) is 14.2 Å². The van der Waals surface area contributed by atoms with Crippen LogP contribution in [0.15, 0.2) is 67.8 Å². The summed E-state index contributed by atoms with van der Waals surface area (Å²) in [5, 5.41) is 0. The van der Waals surface area contributed by atoms with Crippen LogP contribution in [0.4, 0.5) is 0 Å². The third-order valence-electron chi connectivity index (χ3n) is 3.91. The highest BCUT2D eigenvalue weighted by Gasteiger charge is 2.11. The van der Waals surface area contributed by atoms with E-state index < -0.39 is 0 Å². The van der Waals surface area contributed by atoms with Crippen molar-refractivity contribution in [3.05, 3.63) is 84.5 Å². The molecule has 0 radical (unpaired) electrons. The normalized spacial score (nSPS) is 10.4. The molecule has 0 amide bonds. The molecule has 0 atom stereocenters. The third kappa shape index (κ3) is 5.35. The van der Waals surface area contributed by atoms with Gasteiger partial charge in [0.2, 0.25) is 0 Å². The average Bonchev–Trinajstić information content (AvgIpc) is 2.71. The molecule has 0 saturated heterocycles. The zero-order valence-electron chi connectivity index (χ0n) is 15.7. The number of hydrogen-bond acceptors (Lipinski definition) is 4. The maximum atomic E-state index is 12.4. The van der Waals surface area contributed by atoms with E-state index in [9.17, 15) is 4.79 Å². The van der Waals surface area contributed by atoms with Crippen molar-refractivity contribution < 1.29 is 19.0 Å². The minimum atomic E-state index is -0.0987. The maximum absolute atomic E-state index is 12.4. The molecule has 0 unspecified atom stereocenters. The Morgan fingerprint density at radius 1 is 1.00 bits per heavy atom. The van der Waals surface area contributed by atoms with Crippen LogP contribution in [0.2, 0.25) is 0 Å². The fraction of sp³-hybridized carbons (Fsp3) is 0.174. The molecule has 0 aromatic heterocycles. The molecule has 140 valence electrons. The van der Waals surface area contributed by atoms with E-state index in [4.69, 9.17) is 14.2 Å². The topological polar surface area (TPSA) is 44.8 Å². The van der Waals surface area contributed by atoms with Gasteiger partial charge >= 0.3 is 0 Å². The summed E-state index contributed by atoms with van der Waals surface area (Å²) < 4.78 is 16.3. The molecule has 0 bridgehead atoms. The van der Waals surface area contributed by atoms with E-state index >= 15 is 0 Å². The summed E-state index contributed by atoms with van der Waals surface area (Å²) in [6.45, 7) is 7.79. The highest BCUT2D eigenvalue weighted by atomic mass is 16.5. The van der Waals surface area contributed by atoms with Crippen molar-refractivity contribution in [2.75, 3.05) is 20.8 Å². The zero-order valence-corrected chi connectivity index (χ0v) is 15.7. The highest BCUT2D eigenvalue weighted by Crippen LogP contribution is 2.31. The maximum Gasteiger partial charge on any atom is 0.185 e. The number of carbonyl (C=O) groups is 1. The van der Waals surface area contributed by atoms with Gasteiger partial charge in [-0.25, -0.2) is 0 Å². The van der Waals surface area contributed by atoms with E-state index in [1.807, 2.05) is 12.1 Å². The Morgan fingerprint density at radius 2 is 1.63 bits per heavy atom. The smallest absolute Gasteiger partial charge is 0.185 e. The average molecular weight is 364 g/mol.